The number of hydrogen-bond acceptors (Lipinski definition) is 2. The second kappa shape index (κ2) is 6.25. The normalized spacial score (nSPS) is 10.0. The molecule has 19 heavy (non-hydrogen) atoms. The van der Waals surface area contributed by atoms with Crippen LogP contribution in [0.3, 0.4) is 0 Å². The van der Waals surface area contributed by atoms with Crippen LogP contribution >= 0.6 is 11.6 Å². The molecule has 1 N–H and O–H groups in total. The van der Waals surface area contributed by atoms with E-state index in [4.69, 9.17) is 11.6 Å². The van der Waals surface area contributed by atoms with Crippen LogP contribution in [0, 0.1) is 0 Å². The van der Waals surface area contributed by atoms with Crippen molar-refractivity contribution in [2.45, 2.75) is 0 Å². The van der Waals surface area contributed by atoms with Crippen molar-refractivity contribution in [2.75, 3.05) is 23.8 Å². The Hall–Kier alpha value is -2.00. The predicted octanol–water partition coefficient (Wildman–Crippen LogP) is 3.41. The summed E-state index contributed by atoms with van der Waals surface area (Å²) in [4.78, 5) is 13.7. The van der Waals surface area contributed by atoms with E-state index in [1.54, 1.807) is 18.0 Å². The Morgan fingerprint density at radius 1 is 1.11 bits per heavy atom. The minimum Gasteiger partial charge on any atom is -0.375 e. The van der Waals surface area contributed by atoms with Crippen LogP contribution in [0.4, 0.5) is 11.4 Å². The van der Waals surface area contributed by atoms with E-state index < -0.39 is 0 Å². The summed E-state index contributed by atoms with van der Waals surface area (Å²) in [6, 6.07) is 16.9. The summed E-state index contributed by atoms with van der Waals surface area (Å²) in [7, 11) is 1.76. The van der Waals surface area contributed by atoms with Crippen LogP contribution < -0.4 is 10.2 Å². The van der Waals surface area contributed by atoms with E-state index in [9.17, 15) is 4.79 Å². The van der Waals surface area contributed by atoms with Gasteiger partial charge in [-0.05, 0) is 24.3 Å². The zero-order valence-corrected chi connectivity index (χ0v) is 11.4. The first-order chi connectivity index (χ1) is 9.18. The summed E-state index contributed by atoms with van der Waals surface area (Å²) in [5.74, 6) is -0.0221. The van der Waals surface area contributed by atoms with Gasteiger partial charge < -0.3 is 10.2 Å². The molecule has 0 saturated heterocycles. The van der Waals surface area contributed by atoms with E-state index in [0.717, 1.165) is 11.4 Å². The Morgan fingerprint density at radius 2 is 1.74 bits per heavy atom. The lowest BCUT2D eigenvalue weighted by Gasteiger charge is -2.18. The molecule has 0 aliphatic heterocycles. The summed E-state index contributed by atoms with van der Waals surface area (Å²) < 4.78 is 0. The molecule has 0 aliphatic carbocycles. The first kappa shape index (κ1) is 13.4. The second-order valence-corrected chi connectivity index (χ2v) is 4.53. The number of halogens is 1. The second-order valence-electron chi connectivity index (χ2n) is 4.12. The molecule has 1 amide bonds. The van der Waals surface area contributed by atoms with Crippen molar-refractivity contribution in [1.29, 1.82) is 0 Å². The zero-order chi connectivity index (χ0) is 13.7. The fraction of sp³-hybridized carbons (Fsp3) is 0.133. The molecule has 0 fully saturated rings. The Labute approximate surface area is 117 Å². The molecule has 98 valence electrons. The van der Waals surface area contributed by atoms with Gasteiger partial charge in [0, 0.05) is 12.7 Å². The lowest BCUT2D eigenvalue weighted by Crippen LogP contribution is -2.32. The maximum absolute atomic E-state index is 12.0. The lowest BCUT2D eigenvalue weighted by molar-refractivity contribution is -0.116. The molecule has 0 spiro atoms. The molecule has 0 saturated carbocycles. The first-order valence-electron chi connectivity index (χ1n) is 5.98. The molecule has 2 aromatic carbocycles. The van der Waals surface area contributed by atoms with Gasteiger partial charge in [0.2, 0.25) is 5.91 Å². The molecule has 2 rings (SSSR count). The number of nitrogens with one attached hydrogen (secondary N) is 1. The van der Waals surface area contributed by atoms with Gasteiger partial charge >= 0.3 is 0 Å². The van der Waals surface area contributed by atoms with Crippen LogP contribution in [0.2, 0.25) is 5.02 Å². The number of likely N-dealkylation sites (N-methyl/N-ethyl adjacent to an activating group) is 1. The number of anilines is 2. The number of para-hydroxylation sites is 2. The van der Waals surface area contributed by atoms with E-state index >= 15 is 0 Å². The van der Waals surface area contributed by atoms with Gasteiger partial charge in [0.05, 0.1) is 17.3 Å². The number of rotatable bonds is 4. The van der Waals surface area contributed by atoms with Crippen molar-refractivity contribution >= 4 is 28.9 Å². The summed E-state index contributed by atoms with van der Waals surface area (Å²) in [6.07, 6.45) is 0. The number of carbonyl (C=O) groups excluding carboxylic acids is 1. The van der Waals surface area contributed by atoms with Crippen LogP contribution in [-0.2, 0) is 4.79 Å². The van der Waals surface area contributed by atoms with Crippen LogP contribution in [0.15, 0.2) is 54.6 Å². The number of hydrogen-bond donors (Lipinski definition) is 1. The highest BCUT2D eigenvalue weighted by Gasteiger charge is 2.10. The van der Waals surface area contributed by atoms with Crippen molar-refractivity contribution in [2.24, 2.45) is 0 Å². The van der Waals surface area contributed by atoms with Gasteiger partial charge in [0.1, 0.15) is 0 Å². The van der Waals surface area contributed by atoms with E-state index in [1.807, 2.05) is 48.5 Å². The fourth-order valence-electron chi connectivity index (χ4n) is 1.69. The number of amides is 1. The standard InChI is InChI=1S/C15H15ClN2O/c1-18(12-7-3-2-4-8-12)15(19)11-17-14-10-6-5-9-13(14)16/h2-10,17H,11H2,1H3. The van der Waals surface area contributed by atoms with Crippen LogP contribution in [0.5, 0.6) is 0 Å². The molecule has 0 heterocycles. The third kappa shape index (κ3) is 3.48. The number of carbonyl (C=O) groups is 1. The van der Waals surface area contributed by atoms with Gasteiger partial charge in [-0.2, -0.15) is 0 Å². The molecule has 2 aromatic rings. The molecule has 0 aromatic heterocycles. The fourth-order valence-corrected chi connectivity index (χ4v) is 1.89. The molecule has 0 atom stereocenters. The van der Waals surface area contributed by atoms with Gasteiger partial charge in [-0.25, -0.2) is 0 Å². The van der Waals surface area contributed by atoms with Gasteiger partial charge in [0.15, 0.2) is 0 Å². The van der Waals surface area contributed by atoms with E-state index in [2.05, 4.69) is 5.32 Å². The average Bonchev–Trinajstić information content (AvgIpc) is 2.46. The van der Waals surface area contributed by atoms with Crippen molar-refractivity contribution in [3.8, 4) is 0 Å². The summed E-state index contributed by atoms with van der Waals surface area (Å²) >= 11 is 6.02. The molecule has 0 bridgehead atoms. The SMILES string of the molecule is CN(C(=O)CNc1ccccc1Cl)c1ccccc1. The highest BCUT2D eigenvalue weighted by atomic mass is 35.5. The Balaban J connectivity index is 1.97. The molecular weight excluding hydrogens is 260 g/mol. The van der Waals surface area contributed by atoms with E-state index in [1.165, 1.54) is 0 Å². The molecule has 0 unspecified atom stereocenters. The smallest absolute Gasteiger partial charge is 0.246 e. The monoisotopic (exact) mass is 274 g/mol. The lowest BCUT2D eigenvalue weighted by atomic mass is 10.3. The quantitative estimate of drug-likeness (QED) is 0.927. The van der Waals surface area contributed by atoms with Crippen molar-refractivity contribution in [3.05, 3.63) is 59.6 Å². The molecular formula is C15H15ClN2O. The van der Waals surface area contributed by atoms with Gasteiger partial charge in [0.25, 0.3) is 0 Å². The van der Waals surface area contributed by atoms with Crippen molar-refractivity contribution < 1.29 is 4.79 Å². The van der Waals surface area contributed by atoms with Gasteiger partial charge in [-0.1, -0.05) is 41.9 Å². The van der Waals surface area contributed by atoms with Gasteiger partial charge in [-0.15, -0.1) is 0 Å². The highest BCUT2D eigenvalue weighted by molar-refractivity contribution is 6.33. The van der Waals surface area contributed by atoms with Crippen molar-refractivity contribution in [3.63, 3.8) is 0 Å². The third-order valence-corrected chi connectivity index (χ3v) is 3.15. The Bertz CT molecular complexity index is 557. The molecule has 0 radical (unpaired) electrons. The van der Waals surface area contributed by atoms with Gasteiger partial charge in [-0.3, -0.25) is 4.79 Å². The summed E-state index contributed by atoms with van der Waals surface area (Å²) in [6.45, 7) is 0.203. The van der Waals surface area contributed by atoms with Crippen molar-refractivity contribution in [1.82, 2.24) is 0 Å². The first-order valence-corrected chi connectivity index (χ1v) is 6.36. The topological polar surface area (TPSA) is 32.3 Å². The Morgan fingerprint density at radius 3 is 2.42 bits per heavy atom. The maximum atomic E-state index is 12.0. The van der Waals surface area contributed by atoms with Crippen LogP contribution in [0.1, 0.15) is 0 Å². The number of benzene rings is 2. The third-order valence-electron chi connectivity index (χ3n) is 2.82. The average molecular weight is 275 g/mol. The minimum atomic E-state index is -0.0221. The highest BCUT2D eigenvalue weighted by Crippen LogP contribution is 2.20. The molecule has 0 aliphatic rings. The maximum Gasteiger partial charge on any atom is 0.246 e. The van der Waals surface area contributed by atoms with E-state index in [0.29, 0.717) is 5.02 Å². The van der Waals surface area contributed by atoms with Crippen LogP contribution in [-0.4, -0.2) is 19.5 Å². The molecule has 4 heteroatoms. The largest absolute Gasteiger partial charge is 0.375 e. The Kier molecular flexibility index (Phi) is 4.42. The van der Waals surface area contributed by atoms with E-state index in [-0.39, 0.29) is 12.5 Å². The van der Waals surface area contributed by atoms with Crippen LogP contribution in [0.25, 0.3) is 0 Å². The summed E-state index contributed by atoms with van der Waals surface area (Å²) in [5, 5.41) is 3.65. The zero-order valence-electron chi connectivity index (χ0n) is 10.6. The number of nitrogens with zero attached hydrogens (tertiary/aromatic N) is 1. The predicted molar refractivity (Wildman–Crippen MR) is 79.8 cm³/mol. The summed E-state index contributed by atoms with van der Waals surface area (Å²) in [5.41, 5.74) is 1.63. The molecule has 3 nitrogen and oxygen atoms in total. The minimum absolute atomic E-state index is 0.0221.